The Balaban J connectivity index is 1.40. The second kappa shape index (κ2) is 7.85. The van der Waals surface area contributed by atoms with Crippen molar-refractivity contribution < 1.29 is 14.1 Å². The zero-order valence-corrected chi connectivity index (χ0v) is 16.5. The van der Waals surface area contributed by atoms with Crippen molar-refractivity contribution in [3.05, 3.63) is 11.7 Å². The fourth-order valence-corrected chi connectivity index (χ4v) is 4.45. The van der Waals surface area contributed by atoms with E-state index >= 15 is 0 Å². The maximum Gasteiger partial charge on any atom is 0.240 e. The zero-order chi connectivity index (χ0) is 18.9. The summed E-state index contributed by atoms with van der Waals surface area (Å²) in [4.78, 5) is 24.0. The quantitative estimate of drug-likeness (QED) is 0.735. The molecular weight excluding hydrogens is 346 g/mol. The molecule has 3 heterocycles. The van der Waals surface area contributed by atoms with E-state index in [9.17, 15) is 4.79 Å². The highest BCUT2D eigenvalue weighted by Gasteiger charge is 2.43. The second-order valence-electron chi connectivity index (χ2n) is 8.43. The highest BCUT2D eigenvalue weighted by molar-refractivity contribution is 5.76. The molecule has 0 radical (unpaired) electrons. The van der Waals surface area contributed by atoms with Crippen LogP contribution in [0.4, 0.5) is 0 Å². The Kier molecular flexibility index (Phi) is 5.48. The molecule has 2 saturated heterocycles. The number of carbonyl (C=O) groups excluding carboxylic acids is 1. The first kappa shape index (κ1) is 18.8. The molecule has 0 aromatic carbocycles. The number of hydrogen-bond donors (Lipinski definition) is 0. The van der Waals surface area contributed by atoms with Crippen LogP contribution >= 0.6 is 0 Å². The topological polar surface area (TPSA) is 74.9 Å². The van der Waals surface area contributed by atoms with Gasteiger partial charge in [-0.3, -0.25) is 14.6 Å². The molecule has 4 rings (SSSR count). The van der Waals surface area contributed by atoms with Crippen molar-refractivity contribution in [2.75, 3.05) is 46.9 Å². The van der Waals surface area contributed by atoms with Crippen LogP contribution in [0.15, 0.2) is 4.52 Å². The summed E-state index contributed by atoms with van der Waals surface area (Å²) in [6, 6.07) is 0. The van der Waals surface area contributed by atoms with E-state index in [-0.39, 0.29) is 5.54 Å². The predicted octanol–water partition coefficient (Wildman–Crippen LogP) is 1.12. The molecule has 8 nitrogen and oxygen atoms in total. The molecule has 0 N–H and O–H groups in total. The molecule has 3 aliphatic rings. The Labute approximate surface area is 160 Å². The fourth-order valence-electron chi connectivity index (χ4n) is 4.45. The highest BCUT2D eigenvalue weighted by atomic mass is 16.5. The summed E-state index contributed by atoms with van der Waals surface area (Å²) in [5.41, 5.74) is 0.0571. The number of methoxy groups -OCH3 is 1. The van der Waals surface area contributed by atoms with Crippen LogP contribution in [0.2, 0.25) is 0 Å². The number of ether oxygens (including phenoxy) is 1. The van der Waals surface area contributed by atoms with Gasteiger partial charge in [0.15, 0.2) is 5.82 Å². The summed E-state index contributed by atoms with van der Waals surface area (Å²) >= 11 is 0. The smallest absolute Gasteiger partial charge is 0.240 e. The van der Waals surface area contributed by atoms with Crippen LogP contribution in [-0.4, -0.2) is 83.2 Å². The molecule has 2 aliphatic heterocycles. The van der Waals surface area contributed by atoms with E-state index < -0.39 is 0 Å². The average Bonchev–Trinajstić information content (AvgIpc) is 3.40. The van der Waals surface area contributed by atoms with Gasteiger partial charge < -0.3 is 14.2 Å². The van der Waals surface area contributed by atoms with Gasteiger partial charge in [-0.25, -0.2) is 0 Å². The van der Waals surface area contributed by atoms with Crippen LogP contribution in [0, 0.1) is 5.92 Å². The van der Waals surface area contributed by atoms with Crippen LogP contribution < -0.4 is 0 Å². The third-order valence-corrected chi connectivity index (χ3v) is 6.40. The number of rotatable bonds is 6. The molecule has 0 bridgehead atoms. The van der Waals surface area contributed by atoms with E-state index in [1.54, 1.807) is 7.11 Å². The van der Waals surface area contributed by atoms with E-state index in [0.29, 0.717) is 37.2 Å². The van der Waals surface area contributed by atoms with Crippen molar-refractivity contribution in [1.29, 1.82) is 0 Å². The van der Waals surface area contributed by atoms with Gasteiger partial charge >= 0.3 is 0 Å². The lowest BCUT2D eigenvalue weighted by Gasteiger charge is -2.49. The molecule has 1 aliphatic carbocycles. The molecular formula is C19H31N5O3. The zero-order valence-electron chi connectivity index (χ0n) is 16.5. The SMILES string of the molecule is COCc1noc(CN2CCN(C)[C@]3(CCC(=O)N(CC4CC4)CC3)C2)n1. The fraction of sp³-hybridized carbons (Fsp3) is 0.842. The van der Waals surface area contributed by atoms with Crippen LogP contribution in [0.5, 0.6) is 0 Å². The Morgan fingerprint density at radius 1 is 1.26 bits per heavy atom. The number of likely N-dealkylation sites (N-methyl/N-ethyl adjacent to an activating group) is 1. The number of piperazine rings is 1. The van der Waals surface area contributed by atoms with E-state index in [1.807, 2.05) is 0 Å². The highest BCUT2D eigenvalue weighted by Crippen LogP contribution is 2.35. The minimum Gasteiger partial charge on any atom is -0.377 e. The number of aromatic nitrogens is 2. The summed E-state index contributed by atoms with van der Waals surface area (Å²) in [7, 11) is 3.84. The van der Waals surface area contributed by atoms with Crippen LogP contribution in [0.25, 0.3) is 0 Å². The number of amides is 1. The monoisotopic (exact) mass is 377 g/mol. The van der Waals surface area contributed by atoms with Gasteiger partial charge in [0.05, 0.1) is 6.54 Å². The van der Waals surface area contributed by atoms with Gasteiger partial charge in [-0.15, -0.1) is 0 Å². The maximum atomic E-state index is 12.6. The molecule has 1 spiro atoms. The molecule has 8 heteroatoms. The van der Waals surface area contributed by atoms with Crippen LogP contribution in [0.3, 0.4) is 0 Å². The molecule has 1 aromatic rings. The minimum absolute atomic E-state index is 0.0571. The molecule has 1 aromatic heterocycles. The number of likely N-dealkylation sites (tertiary alicyclic amines) is 1. The van der Waals surface area contributed by atoms with Crippen molar-refractivity contribution in [3.8, 4) is 0 Å². The van der Waals surface area contributed by atoms with Gasteiger partial charge in [-0.1, -0.05) is 5.16 Å². The lowest BCUT2D eigenvalue weighted by Crippen LogP contribution is -2.60. The minimum atomic E-state index is 0.0571. The first-order valence-corrected chi connectivity index (χ1v) is 10.1. The van der Waals surface area contributed by atoms with Crippen molar-refractivity contribution >= 4 is 5.91 Å². The first-order valence-electron chi connectivity index (χ1n) is 10.1. The summed E-state index contributed by atoms with van der Waals surface area (Å²) in [6.45, 7) is 5.78. The van der Waals surface area contributed by atoms with Gasteiger partial charge in [0.2, 0.25) is 11.8 Å². The summed E-state index contributed by atoms with van der Waals surface area (Å²) in [6.07, 6.45) is 5.20. The number of carbonyl (C=O) groups is 1. The first-order chi connectivity index (χ1) is 13.1. The lowest BCUT2D eigenvalue weighted by molar-refractivity contribution is -0.131. The van der Waals surface area contributed by atoms with E-state index in [4.69, 9.17) is 9.26 Å². The third kappa shape index (κ3) is 4.33. The molecule has 0 unspecified atom stereocenters. The Hall–Kier alpha value is -1.51. The number of hydrogen-bond acceptors (Lipinski definition) is 7. The number of nitrogens with zero attached hydrogens (tertiary/aromatic N) is 5. The van der Waals surface area contributed by atoms with Gasteiger partial charge in [-0.05, 0) is 38.6 Å². The Morgan fingerprint density at radius 2 is 2.11 bits per heavy atom. The Morgan fingerprint density at radius 3 is 2.89 bits per heavy atom. The molecule has 1 saturated carbocycles. The van der Waals surface area contributed by atoms with Crippen molar-refractivity contribution in [2.45, 2.75) is 50.8 Å². The van der Waals surface area contributed by atoms with Crippen LogP contribution in [-0.2, 0) is 22.7 Å². The van der Waals surface area contributed by atoms with Crippen molar-refractivity contribution in [1.82, 2.24) is 24.8 Å². The standard InChI is InChI=1S/C19H31N5O3/c1-22-9-10-23(12-17-20-16(13-26-2)21-27-17)14-19(22)6-5-18(25)24(8-7-19)11-15-3-4-15/h15H,3-14H2,1-2H3/t19-/m0/s1. The summed E-state index contributed by atoms with van der Waals surface area (Å²) in [5.74, 6) is 2.32. The molecule has 3 fully saturated rings. The normalized spacial score (nSPS) is 28.1. The maximum absolute atomic E-state index is 12.6. The van der Waals surface area contributed by atoms with E-state index in [1.165, 1.54) is 12.8 Å². The third-order valence-electron chi connectivity index (χ3n) is 6.40. The van der Waals surface area contributed by atoms with Crippen molar-refractivity contribution in [2.24, 2.45) is 5.92 Å². The summed E-state index contributed by atoms with van der Waals surface area (Å²) < 4.78 is 10.4. The second-order valence-corrected chi connectivity index (χ2v) is 8.43. The lowest BCUT2D eigenvalue weighted by atomic mass is 9.86. The molecule has 1 amide bonds. The largest absolute Gasteiger partial charge is 0.377 e. The van der Waals surface area contributed by atoms with Crippen molar-refractivity contribution in [3.63, 3.8) is 0 Å². The van der Waals surface area contributed by atoms with Gasteiger partial charge in [0, 0.05) is 51.8 Å². The Bertz CT molecular complexity index is 662. The van der Waals surface area contributed by atoms with Crippen LogP contribution in [0.1, 0.15) is 43.8 Å². The predicted molar refractivity (Wildman–Crippen MR) is 98.8 cm³/mol. The van der Waals surface area contributed by atoms with Gasteiger partial charge in [0.25, 0.3) is 0 Å². The van der Waals surface area contributed by atoms with Gasteiger partial charge in [-0.2, -0.15) is 4.98 Å². The van der Waals surface area contributed by atoms with Gasteiger partial charge in [0.1, 0.15) is 6.61 Å². The molecule has 150 valence electrons. The summed E-state index contributed by atoms with van der Waals surface area (Å²) in [5, 5.41) is 3.96. The average molecular weight is 377 g/mol. The molecule has 1 atom stereocenters. The molecule has 27 heavy (non-hydrogen) atoms. The van der Waals surface area contributed by atoms with E-state index in [2.05, 4.69) is 31.9 Å². The van der Waals surface area contributed by atoms with E-state index in [0.717, 1.165) is 51.5 Å².